The molecule has 0 saturated carbocycles. The minimum Gasteiger partial charge on any atom is -0.325 e. The van der Waals surface area contributed by atoms with Crippen LogP contribution in [0, 0.1) is 6.92 Å². The summed E-state index contributed by atoms with van der Waals surface area (Å²) in [5.74, 6) is 0.0848. The smallest absolute Gasteiger partial charge is 0.254 e. The van der Waals surface area contributed by atoms with Crippen LogP contribution < -0.4 is 5.32 Å². The molecule has 0 spiro atoms. The van der Waals surface area contributed by atoms with E-state index in [1.165, 1.54) is 0 Å². The number of carbonyl (C=O) groups excluding carboxylic acids is 2. The summed E-state index contributed by atoms with van der Waals surface area (Å²) < 4.78 is 1.75. The summed E-state index contributed by atoms with van der Waals surface area (Å²) in [5, 5.41) is 7.79. The molecule has 0 saturated heterocycles. The fraction of sp³-hybridized carbons (Fsp3) is 0.233. The van der Waals surface area contributed by atoms with Crippen LogP contribution in [0.3, 0.4) is 0 Å². The summed E-state index contributed by atoms with van der Waals surface area (Å²) >= 11 is 0. The Hall–Kier alpha value is -4.19. The van der Waals surface area contributed by atoms with Gasteiger partial charge in [-0.2, -0.15) is 5.10 Å². The van der Waals surface area contributed by atoms with Crippen LogP contribution in [0.2, 0.25) is 0 Å². The third-order valence-electron chi connectivity index (χ3n) is 5.88. The van der Waals surface area contributed by atoms with E-state index in [1.54, 1.807) is 21.7 Å². The summed E-state index contributed by atoms with van der Waals surface area (Å²) in [6.45, 7) is 8.52. The van der Waals surface area contributed by atoms with Gasteiger partial charge >= 0.3 is 0 Å². The van der Waals surface area contributed by atoms with Gasteiger partial charge in [0, 0.05) is 23.6 Å². The lowest BCUT2D eigenvalue weighted by molar-refractivity contribution is -0.117. The predicted molar refractivity (Wildman–Crippen MR) is 143 cm³/mol. The van der Waals surface area contributed by atoms with Crippen molar-refractivity contribution in [1.29, 1.82) is 0 Å². The van der Waals surface area contributed by atoms with E-state index < -0.39 is 0 Å². The first kappa shape index (κ1) is 24.9. The Morgan fingerprint density at radius 2 is 1.50 bits per heavy atom. The van der Waals surface area contributed by atoms with Gasteiger partial charge in [-0.25, -0.2) is 4.68 Å². The van der Waals surface area contributed by atoms with Crippen molar-refractivity contribution in [1.82, 2.24) is 14.7 Å². The molecule has 0 radical (unpaired) electrons. The second kappa shape index (κ2) is 10.6. The molecule has 0 aliphatic heterocycles. The van der Waals surface area contributed by atoms with Crippen LogP contribution in [0.15, 0.2) is 91.0 Å². The Labute approximate surface area is 212 Å². The molecule has 0 bridgehead atoms. The van der Waals surface area contributed by atoms with Gasteiger partial charge in [0.05, 0.1) is 11.4 Å². The number of nitrogens with zero attached hydrogens (tertiary/aromatic N) is 3. The number of aryl methyl sites for hydroxylation is 1. The van der Waals surface area contributed by atoms with Crippen LogP contribution in [0.5, 0.6) is 0 Å². The highest BCUT2D eigenvalue weighted by molar-refractivity contribution is 5.99. The molecule has 0 aliphatic rings. The highest BCUT2D eigenvalue weighted by Crippen LogP contribution is 2.26. The average Bonchev–Trinajstić information content (AvgIpc) is 3.29. The van der Waals surface area contributed by atoms with Crippen LogP contribution in [-0.4, -0.2) is 33.0 Å². The van der Waals surface area contributed by atoms with Crippen molar-refractivity contribution < 1.29 is 9.59 Å². The zero-order chi connectivity index (χ0) is 25.7. The predicted octanol–water partition coefficient (Wildman–Crippen LogP) is 5.76. The number of benzene rings is 3. The number of amides is 2. The molecule has 1 aromatic heterocycles. The Balaban J connectivity index is 1.61. The summed E-state index contributed by atoms with van der Waals surface area (Å²) in [5.41, 5.74) is 4.16. The highest BCUT2D eigenvalue weighted by atomic mass is 16.2. The van der Waals surface area contributed by atoms with Gasteiger partial charge < -0.3 is 10.2 Å². The maximum atomic E-state index is 13.3. The lowest BCUT2D eigenvalue weighted by atomic mass is 9.92. The molecule has 0 unspecified atom stereocenters. The van der Waals surface area contributed by atoms with Gasteiger partial charge in [-0.15, -0.1) is 0 Å². The van der Waals surface area contributed by atoms with Crippen molar-refractivity contribution in [2.24, 2.45) is 0 Å². The van der Waals surface area contributed by atoms with Crippen LogP contribution in [-0.2, 0) is 16.8 Å². The molecular formula is C30H32N4O2. The van der Waals surface area contributed by atoms with E-state index in [0.717, 1.165) is 22.5 Å². The van der Waals surface area contributed by atoms with Crippen molar-refractivity contribution in [3.63, 3.8) is 0 Å². The average molecular weight is 481 g/mol. The van der Waals surface area contributed by atoms with Crippen molar-refractivity contribution in [2.75, 3.05) is 11.9 Å². The number of hydrogen-bond donors (Lipinski definition) is 1. The Kier molecular flexibility index (Phi) is 7.34. The first-order valence-corrected chi connectivity index (χ1v) is 12.1. The Bertz CT molecular complexity index is 1320. The molecule has 4 aromatic rings. The highest BCUT2D eigenvalue weighted by Gasteiger charge is 2.23. The first-order valence-electron chi connectivity index (χ1n) is 12.1. The van der Waals surface area contributed by atoms with Crippen LogP contribution in [0.4, 0.5) is 5.82 Å². The van der Waals surface area contributed by atoms with Crippen molar-refractivity contribution in [2.45, 2.75) is 39.7 Å². The van der Waals surface area contributed by atoms with Crippen molar-refractivity contribution >= 4 is 17.6 Å². The molecule has 3 aromatic carbocycles. The fourth-order valence-electron chi connectivity index (χ4n) is 3.84. The van der Waals surface area contributed by atoms with Crippen LogP contribution >= 0.6 is 0 Å². The molecule has 184 valence electrons. The molecule has 4 rings (SSSR count). The van der Waals surface area contributed by atoms with Crippen molar-refractivity contribution in [3.05, 3.63) is 113 Å². The van der Waals surface area contributed by atoms with Crippen molar-refractivity contribution in [3.8, 4) is 5.69 Å². The SMILES string of the molecule is Cc1ccc(-n2nc(C(C)(C)C)cc2NC(=O)CN(Cc2ccccc2)C(=O)c2ccccc2)cc1. The fourth-order valence-corrected chi connectivity index (χ4v) is 3.84. The van der Waals surface area contributed by atoms with Crippen LogP contribution in [0.1, 0.15) is 48.0 Å². The topological polar surface area (TPSA) is 67.2 Å². The summed E-state index contributed by atoms with van der Waals surface area (Å²) in [6, 6.07) is 28.6. The molecule has 1 heterocycles. The third kappa shape index (κ3) is 6.08. The van der Waals surface area contributed by atoms with Gasteiger partial charge in [0.25, 0.3) is 5.91 Å². The Morgan fingerprint density at radius 3 is 2.11 bits per heavy atom. The molecule has 36 heavy (non-hydrogen) atoms. The number of aromatic nitrogens is 2. The van der Waals surface area contributed by atoms with Gasteiger partial charge in [-0.05, 0) is 36.8 Å². The van der Waals surface area contributed by atoms with Gasteiger partial charge in [0.15, 0.2) is 0 Å². The number of nitrogens with one attached hydrogen (secondary N) is 1. The van der Waals surface area contributed by atoms with Gasteiger partial charge in [-0.1, -0.05) is 87.0 Å². The van der Waals surface area contributed by atoms with Crippen LogP contribution in [0.25, 0.3) is 5.69 Å². The Morgan fingerprint density at radius 1 is 0.889 bits per heavy atom. The van der Waals surface area contributed by atoms with E-state index in [4.69, 9.17) is 5.10 Å². The quantitative estimate of drug-likeness (QED) is 0.366. The monoisotopic (exact) mass is 480 g/mol. The maximum Gasteiger partial charge on any atom is 0.254 e. The molecule has 6 heteroatoms. The normalized spacial score (nSPS) is 11.2. The number of hydrogen-bond acceptors (Lipinski definition) is 3. The second-order valence-corrected chi connectivity index (χ2v) is 9.97. The lowest BCUT2D eigenvalue weighted by Gasteiger charge is -2.22. The lowest BCUT2D eigenvalue weighted by Crippen LogP contribution is -2.37. The second-order valence-electron chi connectivity index (χ2n) is 9.97. The first-order chi connectivity index (χ1) is 17.2. The molecule has 6 nitrogen and oxygen atoms in total. The van der Waals surface area contributed by atoms with E-state index in [9.17, 15) is 9.59 Å². The van der Waals surface area contributed by atoms with E-state index in [-0.39, 0.29) is 23.8 Å². The molecule has 1 N–H and O–H groups in total. The molecule has 0 aliphatic carbocycles. The molecule has 2 amide bonds. The van der Waals surface area contributed by atoms with Gasteiger partial charge in [0.1, 0.15) is 12.4 Å². The summed E-state index contributed by atoms with van der Waals surface area (Å²) in [7, 11) is 0. The number of carbonyl (C=O) groups is 2. The largest absolute Gasteiger partial charge is 0.325 e. The minimum absolute atomic E-state index is 0.0907. The van der Waals surface area contributed by atoms with E-state index >= 15 is 0 Å². The minimum atomic E-state index is -0.288. The van der Waals surface area contributed by atoms with E-state index in [1.807, 2.05) is 85.8 Å². The van der Waals surface area contributed by atoms with Gasteiger partial charge in [-0.3, -0.25) is 9.59 Å². The zero-order valence-electron chi connectivity index (χ0n) is 21.2. The molecule has 0 fully saturated rings. The van der Waals surface area contributed by atoms with E-state index in [0.29, 0.717) is 17.9 Å². The van der Waals surface area contributed by atoms with E-state index in [2.05, 4.69) is 26.1 Å². The summed E-state index contributed by atoms with van der Waals surface area (Å²) in [4.78, 5) is 28.2. The number of anilines is 1. The summed E-state index contributed by atoms with van der Waals surface area (Å²) in [6.07, 6.45) is 0. The molecular weight excluding hydrogens is 448 g/mol. The van der Waals surface area contributed by atoms with Gasteiger partial charge in [0.2, 0.25) is 5.91 Å². The maximum absolute atomic E-state index is 13.3. The standard InChI is InChI=1S/C30H32N4O2/c1-22-15-17-25(18-16-22)34-27(19-26(32-34)30(2,3)4)31-28(35)21-33(20-23-11-7-5-8-12-23)29(36)24-13-9-6-10-14-24/h5-19H,20-21H2,1-4H3,(H,31,35). The number of rotatable bonds is 7. The zero-order valence-corrected chi connectivity index (χ0v) is 21.2. The third-order valence-corrected chi connectivity index (χ3v) is 5.88. The molecule has 0 atom stereocenters.